The number of piperazine rings is 1. The van der Waals surface area contributed by atoms with Crippen molar-refractivity contribution in [1.29, 1.82) is 5.26 Å². The number of hydrogen-bond donors (Lipinski definition) is 1. The standard InChI is InChI=1S/C16H16ClN5O5/c1-27-16(24)21-6-4-20(5-7-21)10-11(9-18)15(23)19-14-8-12(22(25)26)2-3-13(14)17/h2-3,8,10H,4-7H2,1H3,(H,19,23)/b11-10-. The molecule has 0 saturated carbocycles. The topological polar surface area (TPSA) is 129 Å². The van der Waals surface area contributed by atoms with Crippen LogP contribution in [0.5, 0.6) is 0 Å². The third-order valence-corrected chi connectivity index (χ3v) is 4.16. The van der Waals surface area contributed by atoms with Crippen molar-refractivity contribution in [3.05, 3.63) is 45.1 Å². The molecular weight excluding hydrogens is 378 g/mol. The summed E-state index contributed by atoms with van der Waals surface area (Å²) in [5.74, 6) is -0.740. The maximum Gasteiger partial charge on any atom is 0.409 e. The second-order valence-corrected chi connectivity index (χ2v) is 5.93. The summed E-state index contributed by atoms with van der Waals surface area (Å²) in [7, 11) is 1.30. The first-order chi connectivity index (χ1) is 12.8. The normalized spacial score (nSPS) is 14.3. The summed E-state index contributed by atoms with van der Waals surface area (Å²) in [6.07, 6.45) is 0.951. The number of nitrogens with zero attached hydrogens (tertiary/aromatic N) is 4. The van der Waals surface area contributed by atoms with E-state index in [-0.39, 0.29) is 22.0 Å². The minimum absolute atomic E-state index is 0.0347. The number of carbonyl (C=O) groups excluding carboxylic acids is 2. The van der Waals surface area contributed by atoms with Gasteiger partial charge in [0.1, 0.15) is 11.6 Å². The van der Waals surface area contributed by atoms with Crippen molar-refractivity contribution in [2.45, 2.75) is 0 Å². The largest absolute Gasteiger partial charge is 0.453 e. The summed E-state index contributed by atoms with van der Waals surface area (Å²) in [4.78, 5) is 37.3. The third-order valence-electron chi connectivity index (χ3n) is 3.83. The van der Waals surface area contributed by atoms with Crippen LogP contribution in [0.25, 0.3) is 0 Å². The van der Waals surface area contributed by atoms with Crippen LogP contribution < -0.4 is 5.32 Å². The van der Waals surface area contributed by atoms with E-state index in [1.165, 1.54) is 30.3 Å². The zero-order chi connectivity index (χ0) is 20.0. The van der Waals surface area contributed by atoms with E-state index >= 15 is 0 Å². The van der Waals surface area contributed by atoms with Gasteiger partial charge in [0.15, 0.2) is 0 Å². The molecule has 2 rings (SSSR count). The number of nitrogens with one attached hydrogen (secondary N) is 1. The number of nitro benzene ring substituents is 1. The van der Waals surface area contributed by atoms with E-state index in [2.05, 4.69) is 10.1 Å². The van der Waals surface area contributed by atoms with Crippen molar-refractivity contribution in [3.63, 3.8) is 0 Å². The molecule has 27 heavy (non-hydrogen) atoms. The van der Waals surface area contributed by atoms with Gasteiger partial charge in [-0.1, -0.05) is 11.6 Å². The number of halogens is 1. The first-order valence-corrected chi connectivity index (χ1v) is 8.17. The Bertz CT molecular complexity index is 827. The van der Waals surface area contributed by atoms with Crippen LogP contribution in [0.15, 0.2) is 30.0 Å². The Morgan fingerprint density at radius 1 is 1.37 bits per heavy atom. The van der Waals surface area contributed by atoms with Crippen LogP contribution >= 0.6 is 11.6 Å². The van der Waals surface area contributed by atoms with Crippen molar-refractivity contribution >= 4 is 35.0 Å². The van der Waals surface area contributed by atoms with E-state index in [0.717, 1.165) is 6.07 Å². The SMILES string of the molecule is COC(=O)N1CCN(/C=C(/C#N)C(=O)Nc2cc([N+](=O)[O-])ccc2Cl)CC1. The predicted octanol–water partition coefficient (Wildman–Crippen LogP) is 1.98. The molecule has 1 aliphatic heterocycles. The molecule has 1 aliphatic rings. The second kappa shape index (κ2) is 8.86. The maximum atomic E-state index is 12.3. The van der Waals surface area contributed by atoms with Crippen LogP contribution in [0.2, 0.25) is 5.02 Å². The Labute approximate surface area is 159 Å². The molecule has 11 heteroatoms. The van der Waals surface area contributed by atoms with Gasteiger partial charge >= 0.3 is 6.09 Å². The Morgan fingerprint density at radius 2 is 2.04 bits per heavy atom. The minimum atomic E-state index is -0.740. The van der Waals surface area contributed by atoms with Crippen molar-refractivity contribution in [2.75, 3.05) is 38.6 Å². The van der Waals surface area contributed by atoms with Crippen LogP contribution in [0.4, 0.5) is 16.2 Å². The van der Waals surface area contributed by atoms with Gasteiger partial charge in [-0.3, -0.25) is 14.9 Å². The number of rotatable bonds is 4. The number of anilines is 1. The van der Waals surface area contributed by atoms with E-state index in [1.54, 1.807) is 11.0 Å². The molecule has 1 aromatic rings. The van der Waals surface area contributed by atoms with E-state index in [0.29, 0.717) is 26.2 Å². The number of hydrogen-bond acceptors (Lipinski definition) is 7. The molecule has 0 unspecified atom stereocenters. The number of benzene rings is 1. The highest BCUT2D eigenvalue weighted by Gasteiger charge is 2.21. The summed E-state index contributed by atoms with van der Waals surface area (Å²) in [5.41, 5.74) is -0.396. The van der Waals surface area contributed by atoms with Gasteiger partial charge in [0.05, 0.1) is 22.7 Å². The van der Waals surface area contributed by atoms with E-state index in [1.807, 2.05) is 0 Å². The molecule has 2 amide bonds. The van der Waals surface area contributed by atoms with E-state index < -0.39 is 16.9 Å². The van der Waals surface area contributed by atoms with Gasteiger partial charge in [0, 0.05) is 44.5 Å². The van der Waals surface area contributed by atoms with Crippen LogP contribution in [0, 0.1) is 21.4 Å². The fourth-order valence-electron chi connectivity index (χ4n) is 2.40. The lowest BCUT2D eigenvalue weighted by Crippen LogP contribution is -2.47. The number of amides is 2. The first kappa shape index (κ1) is 20.0. The summed E-state index contributed by atoms with van der Waals surface area (Å²) >= 11 is 5.94. The molecule has 0 spiro atoms. The molecule has 0 bridgehead atoms. The Morgan fingerprint density at radius 3 is 2.59 bits per heavy atom. The highest BCUT2D eigenvalue weighted by Crippen LogP contribution is 2.27. The van der Waals surface area contributed by atoms with Gasteiger partial charge in [-0.05, 0) is 6.07 Å². The molecule has 1 heterocycles. The average molecular weight is 394 g/mol. The zero-order valence-electron chi connectivity index (χ0n) is 14.3. The van der Waals surface area contributed by atoms with Crippen LogP contribution in [0.3, 0.4) is 0 Å². The van der Waals surface area contributed by atoms with E-state index in [9.17, 15) is 25.0 Å². The smallest absolute Gasteiger partial charge is 0.409 e. The molecule has 0 aliphatic carbocycles. The van der Waals surface area contributed by atoms with Crippen molar-refractivity contribution in [2.24, 2.45) is 0 Å². The number of nitriles is 1. The lowest BCUT2D eigenvalue weighted by atomic mass is 10.2. The monoisotopic (exact) mass is 393 g/mol. The molecule has 142 valence electrons. The number of methoxy groups -OCH3 is 1. The molecule has 0 radical (unpaired) electrons. The van der Waals surface area contributed by atoms with Gasteiger partial charge < -0.3 is 19.9 Å². The second-order valence-electron chi connectivity index (χ2n) is 5.52. The molecule has 1 N–H and O–H groups in total. The van der Waals surface area contributed by atoms with Crippen LogP contribution in [-0.2, 0) is 9.53 Å². The number of carbonyl (C=O) groups is 2. The van der Waals surface area contributed by atoms with Crippen molar-refractivity contribution in [1.82, 2.24) is 9.80 Å². The van der Waals surface area contributed by atoms with Gasteiger partial charge in [0.2, 0.25) is 0 Å². The number of ether oxygens (including phenoxy) is 1. The van der Waals surface area contributed by atoms with Gasteiger partial charge in [-0.15, -0.1) is 0 Å². The lowest BCUT2D eigenvalue weighted by Gasteiger charge is -2.33. The van der Waals surface area contributed by atoms with Gasteiger partial charge in [-0.2, -0.15) is 5.26 Å². The maximum absolute atomic E-state index is 12.3. The van der Waals surface area contributed by atoms with Gasteiger partial charge in [0.25, 0.3) is 11.6 Å². The minimum Gasteiger partial charge on any atom is -0.453 e. The Balaban J connectivity index is 2.08. The molecular formula is C16H16ClN5O5. The molecule has 10 nitrogen and oxygen atoms in total. The third kappa shape index (κ3) is 5.08. The summed E-state index contributed by atoms with van der Waals surface area (Å²) in [5, 5.41) is 22.6. The molecule has 1 fully saturated rings. The average Bonchev–Trinajstić information content (AvgIpc) is 2.67. The quantitative estimate of drug-likeness (QED) is 0.358. The van der Waals surface area contributed by atoms with Crippen molar-refractivity contribution < 1.29 is 19.2 Å². The fraction of sp³-hybridized carbons (Fsp3) is 0.312. The van der Waals surface area contributed by atoms with Crippen LogP contribution in [0.1, 0.15) is 0 Å². The summed E-state index contributed by atoms with van der Waals surface area (Å²) in [6.45, 7) is 1.62. The predicted molar refractivity (Wildman–Crippen MR) is 96.0 cm³/mol. The highest BCUT2D eigenvalue weighted by molar-refractivity contribution is 6.34. The number of nitro groups is 1. The molecule has 0 atom stereocenters. The summed E-state index contributed by atoms with van der Waals surface area (Å²) in [6, 6.07) is 5.41. The first-order valence-electron chi connectivity index (χ1n) is 7.80. The summed E-state index contributed by atoms with van der Waals surface area (Å²) < 4.78 is 4.65. The van der Waals surface area contributed by atoms with Gasteiger partial charge in [-0.25, -0.2) is 4.79 Å². The highest BCUT2D eigenvalue weighted by atomic mass is 35.5. The molecule has 1 aromatic carbocycles. The fourth-order valence-corrected chi connectivity index (χ4v) is 2.56. The Kier molecular flexibility index (Phi) is 6.56. The molecule has 1 saturated heterocycles. The number of non-ortho nitro benzene ring substituents is 1. The Hall–Kier alpha value is -3.32. The zero-order valence-corrected chi connectivity index (χ0v) is 15.1. The van der Waals surface area contributed by atoms with E-state index in [4.69, 9.17) is 11.6 Å². The molecule has 0 aromatic heterocycles. The lowest BCUT2D eigenvalue weighted by molar-refractivity contribution is -0.384. The van der Waals surface area contributed by atoms with Crippen molar-refractivity contribution in [3.8, 4) is 6.07 Å². The van der Waals surface area contributed by atoms with Crippen LogP contribution in [-0.4, -0.2) is 60.0 Å².